The standard InChI is InChI=1S/C86H80BN3/c1-82(2,3)63-23-19-22-58(48-63)61-34-42-73-77(51-61)88(64-35-28-56(29-36-64)59-32-40-69-71(49-59)85(8,9)46-44-83(69,4)5)79-52-62(55-20-13-12-14-21-55)53-80-81(79)87(73)74-43-39-66(90-75-26-17-15-24-67(75)68-25-16-18-27-76(68)90)54-78(74)89(80)65-37-30-57(31-38-65)60-33-41-70-72(50-60)86(10,11)47-45-84(70,6)7/h12-43,48-54H,44-47H2,1-11H3. The van der Waals surface area contributed by atoms with Gasteiger partial charge < -0.3 is 14.4 Å². The van der Waals surface area contributed by atoms with Crippen LogP contribution in [-0.2, 0) is 27.1 Å². The van der Waals surface area contributed by atoms with Crippen LogP contribution in [0.3, 0.4) is 0 Å². The van der Waals surface area contributed by atoms with Crippen LogP contribution < -0.4 is 26.2 Å². The molecule has 16 rings (SSSR count). The van der Waals surface area contributed by atoms with Crippen molar-refractivity contribution in [2.24, 2.45) is 0 Å². The molecule has 2 aliphatic heterocycles. The quantitative estimate of drug-likeness (QED) is 0.147. The highest BCUT2D eigenvalue weighted by molar-refractivity contribution is 7.00. The molecule has 2 aliphatic carbocycles. The van der Waals surface area contributed by atoms with Gasteiger partial charge in [-0.15, -0.1) is 0 Å². The molecular formula is C86H80BN3. The Morgan fingerprint density at radius 1 is 0.311 bits per heavy atom. The van der Waals surface area contributed by atoms with E-state index >= 15 is 0 Å². The predicted molar refractivity (Wildman–Crippen MR) is 386 cm³/mol. The molecule has 442 valence electrons. The van der Waals surface area contributed by atoms with E-state index in [0.29, 0.717) is 0 Å². The van der Waals surface area contributed by atoms with Crippen LogP contribution in [0.4, 0.5) is 34.1 Å². The number of nitrogens with zero attached hydrogens (tertiary/aromatic N) is 3. The Hall–Kier alpha value is -9.12. The first-order valence-corrected chi connectivity index (χ1v) is 32.9. The normalized spacial score (nSPS) is 16.5. The molecule has 12 aromatic rings. The van der Waals surface area contributed by atoms with Gasteiger partial charge in [-0.05, 0) is 208 Å². The highest BCUT2D eigenvalue weighted by Gasteiger charge is 2.45. The zero-order chi connectivity index (χ0) is 61.8. The maximum absolute atomic E-state index is 2.61. The van der Waals surface area contributed by atoms with E-state index in [1.165, 1.54) is 159 Å². The van der Waals surface area contributed by atoms with Gasteiger partial charge in [-0.1, -0.05) is 246 Å². The van der Waals surface area contributed by atoms with Gasteiger partial charge in [0.15, 0.2) is 0 Å². The Morgan fingerprint density at radius 3 is 1.22 bits per heavy atom. The fourth-order valence-corrected chi connectivity index (χ4v) is 16.2. The molecule has 1 aromatic heterocycles. The summed E-state index contributed by atoms with van der Waals surface area (Å²) in [5, 5.41) is 2.51. The van der Waals surface area contributed by atoms with Gasteiger partial charge in [0.05, 0.1) is 11.0 Å². The van der Waals surface area contributed by atoms with Gasteiger partial charge in [0.2, 0.25) is 0 Å². The highest BCUT2D eigenvalue weighted by atomic mass is 15.2. The van der Waals surface area contributed by atoms with Crippen LogP contribution in [-0.4, -0.2) is 11.3 Å². The lowest BCUT2D eigenvalue weighted by Gasteiger charge is -2.44. The second-order valence-corrected chi connectivity index (χ2v) is 30.3. The van der Waals surface area contributed by atoms with E-state index in [9.17, 15) is 0 Å². The largest absolute Gasteiger partial charge is 0.311 e. The number of hydrogen-bond acceptors (Lipinski definition) is 2. The molecule has 0 atom stereocenters. The minimum atomic E-state index is -0.0933. The molecule has 11 aromatic carbocycles. The molecule has 0 amide bonds. The first kappa shape index (κ1) is 56.1. The van der Waals surface area contributed by atoms with Crippen LogP contribution >= 0.6 is 0 Å². The molecule has 3 heterocycles. The molecule has 4 heteroatoms. The molecule has 0 saturated heterocycles. The molecular weight excluding hydrogens is 1090 g/mol. The number of aromatic nitrogens is 1. The van der Waals surface area contributed by atoms with Gasteiger partial charge >= 0.3 is 0 Å². The SMILES string of the molecule is CC(C)(C)c1cccc(-c2ccc3c(c2)N(c2ccc(-c4ccc5c(c4)C(C)(C)CCC5(C)C)cc2)c2cc(-c4ccccc4)cc4c2B3c2ccc(-n3c5ccccc5c5ccccc53)cc2N4c2ccc(-c3ccc4c(c3)C(C)(C)CCC4(C)C)cc2)c1. The van der Waals surface area contributed by atoms with Crippen LogP contribution in [0.25, 0.3) is 72.0 Å². The van der Waals surface area contributed by atoms with Crippen LogP contribution in [0.1, 0.15) is 130 Å². The van der Waals surface area contributed by atoms with Crippen molar-refractivity contribution in [1.29, 1.82) is 0 Å². The van der Waals surface area contributed by atoms with E-state index in [0.717, 1.165) is 17.1 Å². The van der Waals surface area contributed by atoms with Crippen molar-refractivity contribution < 1.29 is 0 Å². The predicted octanol–water partition coefficient (Wildman–Crippen LogP) is 21.5. The maximum atomic E-state index is 2.61. The zero-order valence-electron chi connectivity index (χ0n) is 54.3. The monoisotopic (exact) mass is 1170 g/mol. The Bertz CT molecular complexity index is 4820. The third kappa shape index (κ3) is 8.98. The van der Waals surface area contributed by atoms with Gasteiger partial charge in [0.1, 0.15) is 0 Å². The zero-order valence-corrected chi connectivity index (χ0v) is 54.3. The molecule has 0 fully saturated rings. The molecule has 90 heavy (non-hydrogen) atoms. The molecule has 0 radical (unpaired) electrons. The van der Waals surface area contributed by atoms with E-state index in [1.54, 1.807) is 0 Å². The van der Waals surface area contributed by atoms with Crippen molar-refractivity contribution in [2.75, 3.05) is 9.80 Å². The maximum Gasteiger partial charge on any atom is 0.252 e. The first-order valence-electron chi connectivity index (χ1n) is 32.9. The van der Waals surface area contributed by atoms with Gasteiger partial charge in [0, 0.05) is 50.6 Å². The average molecular weight is 1170 g/mol. The van der Waals surface area contributed by atoms with Gasteiger partial charge in [-0.3, -0.25) is 0 Å². The molecule has 0 unspecified atom stereocenters. The highest BCUT2D eigenvalue weighted by Crippen LogP contribution is 2.52. The number of benzene rings is 11. The van der Waals surface area contributed by atoms with Gasteiger partial charge in [-0.2, -0.15) is 0 Å². The third-order valence-electron chi connectivity index (χ3n) is 21.7. The fourth-order valence-electron chi connectivity index (χ4n) is 16.2. The third-order valence-corrected chi connectivity index (χ3v) is 21.7. The lowest BCUT2D eigenvalue weighted by Crippen LogP contribution is -2.61. The fraction of sp³-hybridized carbons (Fsp3) is 0.233. The van der Waals surface area contributed by atoms with Crippen molar-refractivity contribution in [3.63, 3.8) is 0 Å². The van der Waals surface area contributed by atoms with Crippen LogP contribution in [0.15, 0.2) is 237 Å². The van der Waals surface area contributed by atoms with Crippen molar-refractivity contribution in [1.82, 2.24) is 4.57 Å². The summed E-state index contributed by atoms with van der Waals surface area (Å²) in [4.78, 5) is 5.21. The summed E-state index contributed by atoms with van der Waals surface area (Å²) >= 11 is 0. The minimum Gasteiger partial charge on any atom is -0.311 e. The Morgan fingerprint density at radius 2 is 0.700 bits per heavy atom. The Labute approximate surface area is 533 Å². The number of fused-ring (bicyclic) bond motifs is 9. The van der Waals surface area contributed by atoms with Gasteiger partial charge in [0.25, 0.3) is 6.71 Å². The van der Waals surface area contributed by atoms with E-state index in [-0.39, 0.29) is 33.8 Å². The van der Waals surface area contributed by atoms with E-state index in [4.69, 9.17) is 0 Å². The summed E-state index contributed by atoms with van der Waals surface area (Å²) in [5.74, 6) is 0. The first-order chi connectivity index (χ1) is 43.2. The Kier molecular flexibility index (Phi) is 12.6. The molecule has 0 saturated carbocycles. The van der Waals surface area contributed by atoms with E-state index in [1.807, 2.05) is 0 Å². The molecule has 0 N–H and O–H groups in total. The van der Waals surface area contributed by atoms with Crippen molar-refractivity contribution >= 4 is 79.0 Å². The number of hydrogen-bond donors (Lipinski definition) is 0. The second kappa shape index (κ2) is 20.2. The summed E-state index contributed by atoms with van der Waals surface area (Å²) in [7, 11) is 0. The second-order valence-electron chi connectivity index (χ2n) is 30.3. The smallest absolute Gasteiger partial charge is 0.252 e. The lowest BCUT2D eigenvalue weighted by atomic mass is 9.33. The van der Waals surface area contributed by atoms with E-state index < -0.39 is 0 Å². The van der Waals surface area contributed by atoms with Crippen LogP contribution in [0, 0.1) is 0 Å². The van der Waals surface area contributed by atoms with Gasteiger partial charge in [-0.25, -0.2) is 0 Å². The minimum absolute atomic E-state index is 0.00303. The summed E-state index contributed by atoms with van der Waals surface area (Å²) in [6, 6.07) is 91.4. The van der Waals surface area contributed by atoms with Crippen molar-refractivity contribution in [3.8, 4) is 50.2 Å². The van der Waals surface area contributed by atoms with E-state index in [2.05, 4.69) is 327 Å². The summed E-state index contributed by atoms with van der Waals surface area (Å²) < 4.78 is 2.48. The molecule has 3 nitrogen and oxygen atoms in total. The molecule has 0 bridgehead atoms. The number of para-hydroxylation sites is 2. The molecule has 4 aliphatic rings. The lowest BCUT2D eigenvalue weighted by molar-refractivity contribution is 0.332. The summed E-state index contributed by atoms with van der Waals surface area (Å²) in [6.07, 6.45) is 4.76. The number of rotatable bonds is 7. The summed E-state index contributed by atoms with van der Waals surface area (Å²) in [5.41, 5.74) is 31.9. The van der Waals surface area contributed by atoms with Crippen molar-refractivity contribution in [3.05, 3.63) is 264 Å². The van der Waals surface area contributed by atoms with Crippen LogP contribution in [0.2, 0.25) is 0 Å². The Balaban J connectivity index is 0.939. The summed E-state index contributed by atoms with van der Waals surface area (Å²) in [6.45, 7) is 26.3. The molecule has 0 spiro atoms. The van der Waals surface area contributed by atoms with Crippen molar-refractivity contribution in [2.45, 2.75) is 129 Å². The average Bonchev–Trinajstić information content (AvgIpc) is 0.744. The van der Waals surface area contributed by atoms with Crippen LogP contribution in [0.5, 0.6) is 0 Å². The topological polar surface area (TPSA) is 11.4 Å². The number of anilines is 6.